The highest BCUT2D eigenvalue weighted by Gasteiger charge is 2.48. The predicted octanol–water partition coefficient (Wildman–Crippen LogP) is -0.366. The molecule has 0 aromatic rings. The van der Waals surface area contributed by atoms with Crippen LogP contribution in [0, 0.1) is 0 Å². The maximum atomic E-state index is 11.1. The normalized spacial score (nSPS) is 34.9. The van der Waals surface area contributed by atoms with Crippen molar-refractivity contribution in [1.29, 1.82) is 0 Å². The van der Waals surface area contributed by atoms with Crippen LogP contribution in [0.5, 0.6) is 0 Å². The summed E-state index contributed by atoms with van der Waals surface area (Å²) in [4.78, 5) is 12.9. The second-order valence-corrected chi connectivity index (χ2v) is 3.46. The van der Waals surface area contributed by atoms with Crippen LogP contribution in [-0.4, -0.2) is 49.3 Å². The Labute approximate surface area is 71.4 Å². The van der Waals surface area contributed by atoms with Crippen molar-refractivity contribution in [3.63, 3.8) is 0 Å². The summed E-state index contributed by atoms with van der Waals surface area (Å²) in [5.41, 5.74) is -0.151. The zero-order chi connectivity index (χ0) is 8.60. The third kappa shape index (κ3) is 1.44. The molecule has 0 aromatic carbocycles. The van der Waals surface area contributed by atoms with E-state index in [0.717, 1.165) is 6.61 Å². The molecule has 2 saturated heterocycles. The van der Waals surface area contributed by atoms with Crippen molar-refractivity contribution in [3.05, 3.63) is 0 Å². The third-order valence-electron chi connectivity index (χ3n) is 2.35. The lowest BCUT2D eigenvalue weighted by Crippen LogP contribution is -2.38. The first-order valence-electron chi connectivity index (χ1n) is 4.19. The highest BCUT2D eigenvalue weighted by Crippen LogP contribution is 2.29. The van der Waals surface area contributed by atoms with E-state index in [1.165, 1.54) is 0 Å². The van der Waals surface area contributed by atoms with Crippen molar-refractivity contribution in [1.82, 2.24) is 4.90 Å². The Morgan fingerprint density at radius 1 is 1.50 bits per heavy atom. The second kappa shape index (κ2) is 2.71. The Morgan fingerprint density at radius 2 is 2.25 bits per heavy atom. The first kappa shape index (κ1) is 8.01. The smallest absolute Gasteiger partial charge is 0.219 e. The van der Waals surface area contributed by atoms with E-state index in [1.807, 2.05) is 0 Å². The van der Waals surface area contributed by atoms with Gasteiger partial charge in [-0.05, 0) is 0 Å². The van der Waals surface area contributed by atoms with Crippen LogP contribution in [0.1, 0.15) is 6.92 Å². The Hall–Kier alpha value is -0.610. The van der Waals surface area contributed by atoms with Crippen molar-refractivity contribution < 1.29 is 14.3 Å². The molecule has 1 amide bonds. The molecule has 0 N–H and O–H groups in total. The summed E-state index contributed by atoms with van der Waals surface area (Å²) in [6.45, 7) is 4.97. The van der Waals surface area contributed by atoms with E-state index in [4.69, 9.17) is 9.47 Å². The monoisotopic (exact) mass is 171 g/mol. The van der Waals surface area contributed by atoms with E-state index in [0.29, 0.717) is 26.3 Å². The van der Waals surface area contributed by atoms with Crippen LogP contribution >= 0.6 is 0 Å². The molecule has 2 rings (SSSR count). The number of carbonyl (C=O) groups is 1. The fourth-order valence-electron chi connectivity index (χ4n) is 1.45. The lowest BCUT2D eigenvalue weighted by molar-refractivity contribution is -0.129. The van der Waals surface area contributed by atoms with Gasteiger partial charge in [-0.2, -0.15) is 0 Å². The first-order chi connectivity index (χ1) is 5.72. The first-order valence-corrected chi connectivity index (χ1v) is 4.19. The van der Waals surface area contributed by atoms with Gasteiger partial charge in [0.15, 0.2) is 0 Å². The summed E-state index contributed by atoms with van der Waals surface area (Å²) in [5.74, 6) is 0.107. The average Bonchev–Trinajstić information content (AvgIpc) is 2.80. The van der Waals surface area contributed by atoms with Crippen LogP contribution in [0.25, 0.3) is 0 Å². The maximum absolute atomic E-state index is 11.1. The lowest BCUT2D eigenvalue weighted by atomic mass is 10.2. The van der Waals surface area contributed by atoms with Crippen LogP contribution in [0.15, 0.2) is 0 Å². The summed E-state index contributed by atoms with van der Waals surface area (Å²) < 4.78 is 10.6. The molecule has 2 aliphatic heterocycles. The Bertz CT molecular complexity index is 200. The number of nitrogens with zero attached hydrogens (tertiary/aromatic N) is 1. The van der Waals surface area contributed by atoms with Gasteiger partial charge in [-0.25, -0.2) is 0 Å². The minimum Gasteiger partial charge on any atom is -0.376 e. The van der Waals surface area contributed by atoms with Crippen LogP contribution < -0.4 is 0 Å². The number of hydrogen-bond donors (Lipinski definition) is 0. The minimum atomic E-state index is -0.151. The van der Waals surface area contributed by atoms with E-state index < -0.39 is 0 Å². The summed E-state index contributed by atoms with van der Waals surface area (Å²) in [7, 11) is 0. The van der Waals surface area contributed by atoms with Gasteiger partial charge in [-0.1, -0.05) is 0 Å². The molecule has 1 atom stereocenters. The summed E-state index contributed by atoms with van der Waals surface area (Å²) in [6, 6.07) is 0. The molecule has 4 heteroatoms. The van der Waals surface area contributed by atoms with E-state index in [1.54, 1.807) is 11.8 Å². The SMILES string of the molecule is CC(=O)N1CCOCC2(CO2)C1. The van der Waals surface area contributed by atoms with Crippen LogP contribution in [0.4, 0.5) is 0 Å². The molecule has 1 unspecified atom stereocenters. The van der Waals surface area contributed by atoms with Crippen molar-refractivity contribution in [2.45, 2.75) is 12.5 Å². The molecule has 2 fully saturated rings. The van der Waals surface area contributed by atoms with Crippen molar-refractivity contribution in [2.24, 2.45) is 0 Å². The number of amides is 1. The zero-order valence-corrected chi connectivity index (χ0v) is 7.21. The molecule has 0 radical (unpaired) electrons. The summed E-state index contributed by atoms with van der Waals surface area (Å²) >= 11 is 0. The van der Waals surface area contributed by atoms with Gasteiger partial charge >= 0.3 is 0 Å². The molecule has 1 spiro atoms. The van der Waals surface area contributed by atoms with Crippen molar-refractivity contribution >= 4 is 5.91 Å². The van der Waals surface area contributed by atoms with E-state index >= 15 is 0 Å². The minimum absolute atomic E-state index is 0.107. The molecular formula is C8H13NO3. The Balaban J connectivity index is 2.01. The van der Waals surface area contributed by atoms with E-state index in [-0.39, 0.29) is 11.5 Å². The van der Waals surface area contributed by atoms with Gasteiger partial charge in [-0.15, -0.1) is 0 Å². The lowest BCUT2D eigenvalue weighted by Gasteiger charge is -2.19. The summed E-state index contributed by atoms with van der Waals surface area (Å²) in [6.07, 6.45) is 0. The molecule has 0 aliphatic carbocycles. The summed E-state index contributed by atoms with van der Waals surface area (Å²) in [5, 5.41) is 0. The molecule has 0 bridgehead atoms. The molecular weight excluding hydrogens is 158 g/mol. The number of hydrogen-bond acceptors (Lipinski definition) is 3. The van der Waals surface area contributed by atoms with Crippen molar-refractivity contribution in [2.75, 3.05) is 32.9 Å². The Morgan fingerprint density at radius 3 is 2.83 bits per heavy atom. The highest BCUT2D eigenvalue weighted by molar-refractivity contribution is 5.73. The number of epoxide rings is 1. The number of ether oxygens (including phenoxy) is 2. The van der Waals surface area contributed by atoms with Gasteiger partial charge in [-0.3, -0.25) is 4.79 Å². The second-order valence-electron chi connectivity index (χ2n) is 3.46. The molecule has 68 valence electrons. The fourth-order valence-corrected chi connectivity index (χ4v) is 1.45. The zero-order valence-electron chi connectivity index (χ0n) is 7.21. The number of rotatable bonds is 0. The molecule has 4 nitrogen and oxygen atoms in total. The van der Waals surface area contributed by atoms with Gasteiger partial charge in [0.2, 0.25) is 5.91 Å². The third-order valence-corrected chi connectivity index (χ3v) is 2.35. The van der Waals surface area contributed by atoms with Gasteiger partial charge in [0.05, 0.1) is 26.4 Å². The largest absolute Gasteiger partial charge is 0.376 e. The topological polar surface area (TPSA) is 42.1 Å². The van der Waals surface area contributed by atoms with Gasteiger partial charge in [0.1, 0.15) is 5.60 Å². The van der Waals surface area contributed by atoms with Gasteiger partial charge < -0.3 is 14.4 Å². The Kier molecular flexibility index (Phi) is 1.81. The standard InChI is InChI=1S/C8H13NO3/c1-7(10)9-2-3-11-5-8(4-9)6-12-8/h2-6H2,1H3. The maximum Gasteiger partial charge on any atom is 0.219 e. The van der Waals surface area contributed by atoms with E-state index in [2.05, 4.69) is 0 Å². The molecule has 0 aromatic heterocycles. The molecule has 0 saturated carbocycles. The van der Waals surface area contributed by atoms with Crippen molar-refractivity contribution in [3.8, 4) is 0 Å². The highest BCUT2D eigenvalue weighted by atomic mass is 16.6. The van der Waals surface area contributed by atoms with Crippen LogP contribution in [-0.2, 0) is 14.3 Å². The van der Waals surface area contributed by atoms with Gasteiger partial charge in [0.25, 0.3) is 0 Å². The van der Waals surface area contributed by atoms with Crippen LogP contribution in [0.2, 0.25) is 0 Å². The quantitative estimate of drug-likeness (QED) is 0.467. The molecule has 12 heavy (non-hydrogen) atoms. The predicted molar refractivity (Wildman–Crippen MR) is 41.8 cm³/mol. The fraction of sp³-hybridized carbons (Fsp3) is 0.875. The number of carbonyl (C=O) groups excluding carboxylic acids is 1. The molecule has 2 heterocycles. The van der Waals surface area contributed by atoms with Gasteiger partial charge in [0, 0.05) is 13.5 Å². The van der Waals surface area contributed by atoms with Crippen LogP contribution in [0.3, 0.4) is 0 Å². The average molecular weight is 171 g/mol. The molecule has 2 aliphatic rings. The van der Waals surface area contributed by atoms with E-state index in [9.17, 15) is 4.79 Å².